The van der Waals surface area contributed by atoms with Gasteiger partial charge in [0.25, 0.3) is 0 Å². The van der Waals surface area contributed by atoms with Crippen LogP contribution in [0.1, 0.15) is 46.1 Å². The van der Waals surface area contributed by atoms with E-state index in [2.05, 4.69) is 71.1 Å². The standard InChI is InChI=1S/C22H40O2Si/c1-19(2)15-22(17-23-5,16-20(3)4)18-24-25(6,7)14-13-21-11-9-8-10-12-21/h8-12,19-20H,13-18H2,1-7H3. The Balaban J connectivity index is 2.71. The first-order chi connectivity index (χ1) is 11.7. The lowest BCUT2D eigenvalue weighted by atomic mass is 9.75. The van der Waals surface area contributed by atoms with Crippen LogP contribution in [0.5, 0.6) is 0 Å². The zero-order valence-electron chi connectivity index (χ0n) is 17.6. The Morgan fingerprint density at radius 2 is 1.48 bits per heavy atom. The van der Waals surface area contributed by atoms with Crippen molar-refractivity contribution < 1.29 is 9.16 Å². The maximum absolute atomic E-state index is 6.63. The number of benzene rings is 1. The van der Waals surface area contributed by atoms with Gasteiger partial charge in [-0.2, -0.15) is 0 Å². The summed E-state index contributed by atoms with van der Waals surface area (Å²) in [6.07, 6.45) is 3.45. The predicted molar refractivity (Wildman–Crippen MR) is 112 cm³/mol. The highest BCUT2D eigenvalue weighted by molar-refractivity contribution is 6.71. The van der Waals surface area contributed by atoms with Crippen LogP contribution in [0.15, 0.2) is 30.3 Å². The molecule has 0 fully saturated rings. The van der Waals surface area contributed by atoms with Gasteiger partial charge in [-0.25, -0.2) is 0 Å². The Bertz CT molecular complexity index is 458. The molecule has 0 spiro atoms. The van der Waals surface area contributed by atoms with E-state index >= 15 is 0 Å². The average molecular weight is 365 g/mol. The molecular weight excluding hydrogens is 324 g/mol. The molecule has 3 heteroatoms. The van der Waals surface area contributed by atoms with E-state index in [4.69, 9.17) is 9.16 Å². The molecule has 0 aliphatic heterocycles. The second-order valence-corrected chi connectivity index (χ2v) is 13.5. The molecule has 1 aromatic carbocycles. The number of rotatable bonds is 12. The maximum Gasteiger partial charge on any atom is 0.187 e. The molecule has 0 heterocycles. The van der Waals surface area contributed by atoms with Crippen molar-refractivity contribution in [2.24, 2.45) is 17.3 Å². The van der Waals surface area contributed by atoms with E-state index in [0.717, 1.165) is 19.6 Å². The monoisotopic (exact) mass is 364 g/mol. The highest BCUT2D eigenvalue weighted by Gasteiger charge is 2.35. The van der Waals surface area contributed by atoms with Gasteiger partial charge in [-0.1, -0.05) is 58.0 Å². The van der Waals surface area contributed by atoms with Gasteiger partial charge in [-0.05, 0) is 55.8 Å². The summed E-state index contributed by atoms with van der Waals surface area (Å²) in [5.41, 5.74) is 1.56. The zero-order valence-corrected chi connectivity index (χ0v) is 18.6. The van der Waals surface area contributed by atoms with E-state index in [0.29, 0.717) is 11.8 Å². The lowest BCUT2D eigenvalue weighted by molar-refractivity contribution is 0.00512. The highest BCUT2D eigenvalue weighted by Crippen LogP contribution is 2.36. The fraction of sp³-hybridized carbons (Fsp3) is 0.727. The third-order valence-electron chi connectivity index (χ3n) is 4.76. The summed E-state index contributed by atoms with van der Waals surface area (Å²) >= 11 is 0. The minimum absolute atomic E-state index is 0.147. The van der Waals surface area contributed by atoms with Crippen LogP contribution >= 0.6 is 0 Å². The lowest BCUT2D eigenvalue weighted by Crippen LogP contribution is -2.41. The van der Waals surface area contributed by atoms with Crippen LogP contribution < -0.4 is 0 Å². The van der Waals surface area contributed by atoms with Gasteiger partial charge in [0.15, 0.2) is 8.32 Å². The van der Waals surface area contributed by atoms with Gasteiger partial charge in [0.1, 0.15) is 0 Å². The van der Waals surface area contributed by atoms with Crippen LogP contribution in [0.25, 0.3) is 0 Å². The molecular formula is C22H40O2Si. The Morgan fingerprint density at radius 3 is 1.96 bits per heavy atom. The van der Waals surface area contributed by atoms with Crippen molar-refractivity contribution in [3.63, 3.8) is 0 Å². The molecule has 0 N–H and O–H groups in total. The zero-order chi connectivity index (χ0) is 18.9. The van der Waals surface area contributed by atoms with Crippen molar-refractivity contribution in [1.29, 1.82) is 0 Å². The summed E-state index contributed by atoms with van der Waals surface area (Å²) in [6.45, 7) is 15.6. The Labute approximate surface area is 157 Å². The van der Waals surface area contributed by atoms with E-state index in [9.17, 15) is 0 Å². The number of hydrogen-bond acceptors (Lipinski definition) is 2. The first-order valence-corrected chi connectivity index (χ1v) is 13.0. The van der Waals surface area contributed by atoms with Crippen molar-refractivity contribution in [3.8, 4) is 0 Å². The Kier molecular flexibility index (Phi) is 9.40. The van der Waals surface area contributed by atoms with Crippen LogP contribution in [-0.4, -0.2) is 28.6 Å². The van der Waals surface area contributed by atoms with Gasteiger partial charge in [-0.15, -0.1) is 0 Å². The molecule has 0 aromatic heterocycles. The van der Waals surface area contributed by atoms with Crippen molar-refractivity contribution in [1.82, 2.24) is 0 Å². The molecule has 1 aromatic rings. The third kappa shape index (κ3) is 9.03. The minimum atomic E-state index is -1.68. The molecule has 0 amide bonds. The van der Waals surface area contributed by atoms with Crippen LogP contribution in [0.2, 0.25) is 19.1 Å². The van der Waals surface area contributed by atoms with E-state index < -0.39 is 8.32 Å². The van der Waals surface area contributed by atoms with Gasteiger partial charge in [0.05, 0.1) is 6.61 Å². The van der Waals surface area contributed by atoms with Gasteiger partial charge in [0.2, 0.25) is 0 Å². The second-order valence-electron chi connectivity index (χ2n) is 9.16. The molecule has 1 rings (SSSR count). The average Bonchev–Trinajstić information content (AvgIpc) is 2.51. The molecule has 0 aliphatic carbocycles. The molecule has 0 atom stereocenters. The first-order valence-electron chi connectivity index (χ1n) is 9.85. The molecule has 0 aliphatic rings. The van der Waals surface area contributed by atoms with Crippen molar-refractivity contribution in [2.45, 2.75) is 66.1 Å². The van der Waals surface area contributed by atoms with Crippen molar-refractivity contribution >= 4 is 8.32 Å². The fourth-order valence-corrected chi connectivity index (χ4v) is 5.64. The predicted octanol–water partition coefficient (Wildman–Crippen LogP) is 6.18. The first kappa shape index (κ1) is 22.4. The summed E-state index contributed by atoms with van der Waals surface area (Å²) < 4.78 is 12.3. The summed E-state index contributed by atoms with van der Waals surface area (Å²) in [7, 11) is 0.144. The third-order valence-corrected chi connectivity index (χ3v) is 7.14. The van der Waals surface area contributed by atoms with Crippen molar-refractivity contribution in [2.75, 3.05) is 20.3 Å². The molecule has 0 radical (unpaired) electrons. The van der Waals surface area contributed by atoms with Gasteiger partial charge >= 0.3 is 0 Å². The van der Waals surface area contributed by atoms with Crippen LogP contribution in [0.4, 0.5) is 0 Å². The Morgan fingerprint density at radius 1 is 0.920 bits per heavy atom. The SMILES string of the molecule is COCC(CO[Si](C)(C)CCc1ccccc1)(CC(C)C)CC(C)C. The normalized spacial score (nSPS) is 13.0. The van der Waals surface area contributed by atoms with E-state index in [1.54, 1.807) is 0 Å². The number of methoxy groups -OCH3 is 1. The lowest BCUT2D eigenvalue weighted by Gasteiger charge is -2.39. The maximum atomic E-state index is 6.63. The van der Waals surface area contributed by atoms with E-state index in [-0.39, 0.29) is 5.41 Å². The second kappa shape index (κ2) is 10.5. The largest absolute Gasteiger partial charge is 0.417 e. The molecule has 25 heavy (non-hydrogen) atoms. The van der Waals surface area contributed by atoms with Crippen molar-refractivity contribution in [3.05, 3.63) is 35.9 Å². The Hall–Kier alpha value is -0.643. The van der Waals surface area contributed by atoms with Gasteiger partial charge in [0, 0.05) is 19.1 Å². The topological polar surface area (TPSA) is 18.5 Å². The number of ether oxygens (including phenoxy) is 1. The smallest absolute Gasteiger partial charge is 0.187 e. The summed E-state index contributed by atoms with van der Waals surface area (Å²) in [5.74, 6) is 1.32. The van der Waals surface area contributed by atoms with Crippen LogP contribution in [0, 0.1) is 17.3 Å². The molecule has 144 valence electrons. The minimum Gasteiger partial charge on any atom is -0.417 e. The van der Waals surface area contributed by atoms with Crippen LogP contribution in [-0.2, 0) is 15.6 Å². The molecule has 0 saturated heterocycles. The highest BCUT2D eigenvalue weighted by atomic mass is 28.4. The summed E-state index contributed by atoms with van der Waals surface area (Å²) in [4.78, 5) is 0. The van der Waals surface area contributed by atoms with Gasteiger partial charge < -0.3 is 9.16 Å². The summed E-state index contributed by atoms with van der Waals surface area (Å²) in [5, 5.41) is 0. The summed E-state index contributed by atoms with van der Waals surface area (Å²) in [6, 6.07) is 11.9. The fourth-order valence-electron chi connectivity index (χ4n) is 3.91. The quantitative estimate of drug-likeness (QED) is 0.412. The molecule has 0 bridgehead atoms. The number of aryl methyl sites for hydroxylation is 1. The molecule has 2 nitrogen and oxygen atoms in total. The number of hydrogen-bond donors (Lipinski definition) is 0. The van der Waals surface area contributed by atoms with Crippen LogP contribution in [0.3, 0.4) is 0 Å². The van der Waals surface area contributed by atoms with Gasteiger partial charge in [-0.3, -0.25) is 0 Å². The van der Waals surface area contributed by atoms with E-state index in [1.807, 2.05) is 7.11 Å². The van der Waals surface area contributed by atoms with E-state index in [1.165, 1.54) is 24.4 Å². The molecule has 0 saturated carbocycles. The molecule has 0 unspecified atom stereocenters.